The van der Waals surface area contributed by atoms with E-state index in [1.807, 2.05) is 18.7 Å². The fourth-order valence-corrected chi connectivity index (χ4v) is 2.37. The highest BCUT2D eigenvalue weighted by Crippen LogP contribution is 2.28. The first-order chi connectivity index (χ1) is 7.67. The number of nitrogens with zero attached hydrogens (tertiary/aromatic N) is 2. The van der Waals surface area contributed by atoms with Crippen molar-refractivity contribution >= 4 is 5.91 Å². The Labute approximate surface area is 98.4 Å². The van der Waals surface area contributed by atoms with Gasteiger partial charge in [0.2, 0.25) is 5.91 Å². The molecule has 16 heavy (non-hydrogen) atoms. The van der Waals surface area contributed by atoms with Crippen molar-refractivity contribution in [2.24, 2.45) is 11.8 Å². The molecule has 1 aliphatic carbocycles. The number of hydrogen-bond acceptors (Lipinski definition) is 2. The molecule has 0 unspecified atom stereocenters. The van der Waals surface area contributed by atoms with Gasteiger partial charge in [0.15, 0.2) is 0 Å². The molecule has 0 aromatic heterocycles. The number of carbonyl (C=O) groups excluding carboxylic acids is 1. The van der Waals surface area contributed by atoms with Crippen molar-refractivity contribution in [1.29, 1.82) is 5.26 Å². The van der Waals surface area contributed by atoms with Crippen molar-refractivity contribution in [2.75, 3.05) is 13.1 Å². The molecule has 1 saturated carbocycles. The first-order valence-electron chi connectivity index (χ1n) is 6.34. The molecule has 0 heterocycles. The Kier molecular flexibility index (Phi) is 5.31. The molecule has 0 aliphatic heterocycles. The van der Waals surface area contributed by atoms with Gasteiger partial charge in [-0.1, -0.05) is 12.8 Å². The predicted molar refractivity (Wildman–Crippen MR) is 63.6 cm³/mol. The Morgan fingerprint density at radius 1 is 1.50 bits per heavy atom. The van der Waals surface area contributed by atoms with Crippen molar-refractivity contribution in [3.8, 4) is 6.07 Å². The SMILES string of the molecule is CCN(C[C@H](C)C#N)C(=O)CC1CCCC1. The highest BCUT2D eigenvalue weighted by atomic mass is 16.2. The first-order valence-corrected chi connectivity index (χ1v) is 6.34. The Morgan fingerprint density at radius 3 is 2.62 bits per heavy atom. The van der Waals surface area contributed by atoms with Gasteiger partial charge in [-0.15, -0.1) is 0 Å². The summed E-state index contributed by atoms with van der Waals surface area (Å²) in [6, 6.07) is 2.18. The van der Waals surface area contributed by atoms with Crippen molar-refractivity contribution in [3.63, 3.8) is 0 Å². The molecule has 1 atom stereocenters. The summed E-state index contributed by atoms with van der Waals surface area (Å²) in [5.74, 6) is 0.767. The van der Waals surface area contributed by atoms with E-state index in [1.165, 1.54) is 25.7 Å². The molecular weight excluding hydrogens is 200 g/mol. The van der Waals surface area contributed by atoms with Crippen molar-refractivity contribution in [1.82, 2.24) is 4.90 Å². The van der Waals surface area contributed by atoms with E-state index in [1.54, 1.807) is 0 Å². The summed E-state index contributed by atoms with van der Waals surface area (Å²) in [4.78, 5) is 13.8. The highest BCUT2D eigenvalue weighted by molar-refractivity contribution is 5.76. The third kappa shape index (κ3) is 3.84. The second kappa shape index (κ2) is 6.52. The lowest BCUT2D eigenvalue weighted by molar-refractivity contribution is -0.132. The van der Waals surface area contributed by atoms with Gasteiger partial charge in [0, 0.05) is 19.5 Å². The van der Waals surface area contributed by atoms with Crippen LogP contribution in [0.4, 0.5) is 0 Å². The zero-order valence-electron chi connectivity index (χ0n) is 10.4. The molecule has 1 amide bonds. The lowest BCUT2D eigenvalue weighted by Gasteiger charge is -2.23. The zero-order valence-corrected chi connectivity index (χ0v) is 10.4. The van der Waals surface area contributed by atoms with Crippen LogP contribution in [0.1, 0.15) is 46.0 Å². The van der Waals surface area contributed by atoms with E-state index >= 15 is 0 Å². The standard InChI is InChI=1S/C13H22N2O/c1-3-15(10-11(2)9-14)13(16)8-12-6-4-5-7-12/h11-12H,3-8,10H2,1-2H3/t11-/m1/s1. The summed E-state index contributed by atoms with van der Waals surface area (Å²) in [6.45, 7) is 5.15. The molecule has 0 aromatic carbocycles. The van der Waals surface area contributed by atoms with Crippen LogP contribution in [0, 0.1) is 23.2 Å². The fourth-order valence-electron chi connectivity index (χ4n) is 2.37. The number of hydrogen-bond donors (Lipinski definition) is 0. The normalized spacial score (nSPS) is 18.1. The maximum Gasteiger partial charge on any atom is 0.222 e. The third-order valence-corrected chi connectivity index (χ3v) is 3.39. The number of rotatable bonds is 5. The molecule has 1 aliphatic rings. The molecule has 0 saturated heterocycles. The second-order valence-corrected chi connectivity index (χ2v) is 4.82. The van der Waals surface area contributed by atoms with E-state index in [4.69, 9.17) is 5.26 Å². The molecule has 3 heteroatoms. The van der Waals surface area contributed by atoms with Crippen LogP contribution in [0.3, 0.4) is 0 Å². The summed E-state index contributed by atoms with van der Waals surface area (Å²) >= 11 is 0. The van der Waals surface area contributed by atoms with Crippen LogP contribution in [0.25, 0.3) is 0 Å². The number of nitriles is 1. The molecule has 1 fully saturated rings. The van der Waals surface area contributed by atoms with Crippen LogP contribution in [-0.4, -0.2) is 23.9 Å². The molecule has 3 nitrogen and oxygen atoms in total. The van der Waals surface area contributed by atoms with Gasteiger partial charge in [0.05, 0.1) is 12.0 Å². The van der Waals surface area contributed by atoms with E-state index in [0.717, 1.165) is 6.54 Å². The van der Waals surface area contributed by atoms with Gasteiger partial charge in [0.1, 0.15) is 0 Å². The highest BCUT2D eigenvalue weighted by Gasteiger charge is 2.22. The maximum atomic E-state index is 12.0. The molecule has 0 radical (unpaired) electrons. The molecule has 90 valence electrons. The topological polar surface area (TPSA) is 44.1 Å². The average Bonchev–Trinajstić information content (AvgIpc) is 2.77. The van der Waals surface area contributed by atoms with Crippen molar-refractivity contribution < 1.29 is 4.79 Å². The van der Waals surface area contributed by atoms with Crippen LogP contribution in [-0.2, 0) is 4.79 Å². The monoisotopic (exact) mass is 222 g/mol. The van der Waals surface area contributed by atoms with Gasteiger partial charge in [-0.05, 0) is 32.6 Å². The first kappa shape index (κ1) is 13.0. The van der Waals surface area contributed by atoms with E-state index in [9.17, 15) is 4.79 Å². The largest absolute Gasteiger partial charge is 0.342 e. The van der Waals surface area contributed by atoms with E-state index in [2.05, 4.69) is 6.07 Å². The maximum absolute atomic E-state index is 12.0. The minimum absolute atomic E-state index is 0.0625. The Hall–Kier alpha value is -1.04. The molecule has 1 rings (SSSR count). The third-order valence-electron chi connectivity index (χ3n) is 3.39. The predicted octanol–water partition coefficient (Wildman–Crippen LogP) is 2.57. The summed E-state index contributed by atoms with van der Waals surface area (Å²) in [5.41, 5.74) is 0. The van der Waals surface area contributed by atoms with Crippen LogP contribution in [0.5, 0.6) is 0 Å². The van der Waals surface area contributed by atoms with Gasteiger partial charge in [0.25, 0.3) is 0 Å². The van der Waals surface area contributed by atoms with Gasteiger partial charge < -0.3 is 4.90 Å². The minimum Gasteiger partial charge on any atom is -0.342 e. The Morgan fingerprint density at radius 2 is 2.12 bits per heavy atom. The van der Waals surface area contributed by atoms with E-state index in [-0.39, 0.29) is 11.8 Å². The smallest absolute Gasteiger partial charge is 0.222 e. The summed E-state index contributed by atoms with van der Waals surface area (Å²) in [5, 5.41) is 8.76. The molecule has 0 bridgehead atoms. The molecule has 0 aromatic rings. The van der Waals surface area contributed by atoms with Gasteiger partial charge in [-0.25, -0.2) is 0 Å². The lowest BCUT2D eigenvalue weighted by atomic mass is 10.0. The molecule has 0 spiro atoms. The molecule has 0 N–H and O–H groups in total. The van der Waals surface area contributed by atoms with Crippen LogP contribution >= 0.6 is 0 Å². The van der Waals surface area contributed by atoms with Gasteiger partial charge in [-0.3, -0.25) is 4.79 Å². The zero-order chi connectivity index (χ0) is 12.0. The lowest BCUT2D eigenvalue weighted by Crippen LogP contribution is -2.35. The van der Waals surface area contributed by atoms with Crippen molar-refractivity contribution in [2.45, 2.75) is 46.0 Å². The summed E-state index contributed by atoms with van der Waals surface area (Å²) in [6.07, 6.45) is 5.65. The van der Waals surface area contributed by atoms with Crippen molar-refractivity contribution in [3.05, 3.63) is 0 Å². The van der Waals surface area contributed by atoms with Crippen LogP contribution < -0.4 is 0 Å². The van der Waals surface area contributed by atoms with Crippen LogP contribution in [0.2, 0.25) is 0 Å². The minimum atomic E-state index is -0.0625. The quantitative estimate of drug-likeness (QED) is 0.717. The van der Waals surface area contributed by atoms with Gasteiger partial charge >= 0.3 is 0 Å². The Bertz CT molecular complexity index is 264. The summed E-state index contributed by atoms with van der Waals surface area (Å²) < 4.78 is 0. The average molecular weight is 222 g/mol. The molecular formula is C13H22N2O. The second-order valence-electron chi connectivity index (χ2n) is 4.82. The number of amides is 1. The number of carbonyl (C=O) groups is 1. The van der Waals surface area contributed by atoms with Crippen LogP contribution in [0.15, 0.2) is 0 Å². The van der Waals surface area contributed by atoms with Gasteiger partial charge in [-0.2, -0.15) is 5.26 Å². The Balaban J connectivity index is 2.39. The summed E-state index contributed by atoms with van der Waals surface area (Å²) in [7, 11) is 0. The fraction of sp³-hybridized carbons (Fsp3) is 0.846. The van der Waals surface area contributed by atoms with E-state index in [0.29, 0.717) is 18.9 Å². The van der Waals surface area contributed by atoms with E-state index < -0.39 is 0 Å².